The van der Waals surface area contributed by atoms with Crippen molar-refractivity contribution in [3.8, 4) is 11.5 Å². The number of hydrogen-bond acceptors (Lipinski definition) is 6. The Morgan fingerprint density at radius 2 is 1.24 bits per heavy atom. The zero-order chi connectivity index (χ0) is 25.0. The van der Waals surface area contributed by atoms with Crippen LogP contribution in [0.4, 0.5) is 0 Å². The fourth-order valence-corrected chi connectivity index (χ4v) is 4.92. The van der Waals surface area contributed by atoms with E-state index in [-0.39, 0.29) is 5.78 Å². The van der Waals surface area contributed by atoms with E-state index in [1.54, 1.807) is 35.6 Å². The summed E-state index contributed by atoms with van der Waals surface area (Å²) in [6.07, 6.45) is 0. The number of thiazole rings is 1. The van der Waals surface area contributed by atoms with Crippen LogP contribution in [0.5, 0.6) is 11.5 Å². The van der Waals surface area contributed by atoms with Gasteiger partial charge in [-0.1, -0.05) is 36.4 Å². The number of pyridine rings is 1. The molecule has 4 aromatic carbocycles. The average Bonchev–Trinajstić information content (AvgIpc) is 3.38. The minimum atomic E-state index is -0.0551. The van der Waals surface area contributed by atoms with Gasteiger partial charge in [0, 0.05) is 16.5 Å². The number of fused-ring (bicyclic) bond motifs is 2. The Labute approximate surface area is 218 Å². The van der Waals surface area contributed by atoms with Crippen molar-refractivity contribution in [1.82, 2.24) is 9.97 Å². The Balaban J connectivity index is 1.05. The third-order valence-electron chi connectivity index (χ3n) is 5.98. The molecule has 6 aromatic rings. The number of nitrogens with zero attached hydrogens (tertiary/aromatic N) is 2. The van der Waals surface area contributed by atoms with E-state index in [1.165, 1.54) is 0 Å². The van der Waals surface area contributed by atoms with E-state index in [0.29, 0.717) is 35.8 Å². The van der Waals surface area contributed by atoms with Gasteiger partial charge in [-0.2, -0.15) is 0 Å². The first-order chi connectivity index (χ1) is 18.2. The summed E-state index contributed by atoms with van der Waals surface area (Å²) >= 11 is 1.62. The van der Waals surface area contributed by atoms with E-state index in [0.717, 1.165) is 31.8 Å². The molecule has 2 aromatic heterocycles. The Hall–Kier alpha value is -4.55. The molecule has 0 aliphatic heterocycles. The summed E-state index contributed by atoms with van der Waals surface area (Å²) in [7, 11) is 0. The maximum atomic E-state index is 13.0. The second-order valence-corrected chi connectivity index (χ2v) is 9.64. The lowest BCUT2D eigenvalue weighted by molar-refractivity contribution is 0.103. The molecule has 0 aliphatic carbocycles. The van der Waals surface area contributed by atoms with Gasteiger partial charge in [0.2, 0.25) is 0 Å². The number of para-hydroxylation sites is 2. The lowest BCUT2D eigenvalue weighted by Gasteiger charge is -2.08. The van der Waals surface area contributed by atoms with Crippen molar-refractivity contribution in [3.05, 3.63) is 131 Å². The Morgan fingerprint density at radius 1 is 0.622 bits per heavy atom. The van der Waals surface area contributed by atoms with E-state index in [9.17, 15) is 4.79 Å². The summed E-state index contributed by atoms with van der Waals surface area (Å²) in [4.78, 5) is 22.2. The first-order valence-electron chi connectivity index (χ1n) is 11.9. The van der Waals surface area contributed by atoms with Gasteiger partial charge in [-0.15, -0.1) is 11.3 Å². The molecule has 0 atom stereocenters. The summed E-state index contributed by atoms with van der Waals surface area (Å²) < 4.78 is 12.9. The van der Waals surface area contributed by atoms with E-state index < -0.39 is 0 Å². The molecule has 0 bridgehead atoms. The van der Waals surface area contributed by atoms with Gasteiger partial charge in [0.05, 0.1) is 21.4 Å². The van der Waals surface area contributed by atoms with Gasteiger partial charge in [-0.3, -0.25) is 4.79 Å². The Kier molecular flexibility index (Phi) is 6.31. The maximum absolute atomic E-state index is 13.0. The molecular formula is C31H22N2O3S. The molecule has 6 rings (SSSR count). The lowest BCUT2D eigenvalue weighted by Crippen LogP contribution is -2.02. The van der Waals surface area contributed by atoms with Crippen LogP contribution in [0.3, 0.4) is 0 Å². The molecule has 0 radical (unpaired) electrons. The van der Waals surface area contributed by atoms with Crippen LogP contribution in [0.15, 0.2) is 109 Å². The standard InChI is InChI=1S/C31H22N2O3S/c34-31(23-12-17-26(18-13-23)36-20-30-33-28-7-3-4-8-29(28)37-30)22-10-15-25(16-11-22)35-19-24-14-9-21-5-1-2-6-27(21)32-24/h1-18H,19-20H2. The predicted octanol–water partition coefficient (Wildman–Crippen LogP) is 7.23. The number of carbonyl (C=O) groups is 1. The molecule has 0 fully saturated rings. The van der Waals surface area contributed by atoms with Gasteiger partial charge in [-0.05, 0) is 72.8 Å². The predicted molar refractivity (Wildman–Crippen MR) is 146 cm³/mol. The summed E-state index contributed by atoms with van der Waals surface area (Å²) in [5.41, 5.74) is 3.97. The van der Waals surface area contributed by atoms with Crippen LogP contribution in [0, 0.1) is 0 Å². The summed E-state index contributed by atoms with van der Waals surface area (Å²) in [6, 6.07) is 34.4. The second-order valence-electron chi connectivity index (χ2n) is 8.53. The molecule has 5 nitrogen and oxygen atoms in total. The zero-order valence-corrected chi connectivity index (χ0v) is 20.7. The monoisotopic (exact) mass is 502 g/mol. The molecule has 180 valence electrons. The van der Waals surface area contributed by atoms with Crippen LogP contribution in [0.25, 0.3) is 21.1 Å². The van der Waals surface area contributed by atoms with Crippen molar-refractivity contribution in [1.29, 1.82) is 0 Å². The maximum Gasteiger partial charge on any atom is 0.193 e. The molecule has 0 spiro atoms. The first kappa shape index (κ1) is 22.9. The summed E-state index contributed by atoms with van der Waals surface area (Å²) in [5.74, 6) is 1.33. The first-order valence-corrected chi connectivity index (χ1v) is 12.7. The molecule has 0 N–H and O–H groups in total. The molecular weight excluding hydrogens is 480 g/mol. The van der Waals surface area contributed by atoms with E-state index >= 15 is 0 Å². The number of hydrogen-bond donors (Lipinski definition) is 0. The highest BCUT2D eigenvalue weighted by atomic mass is 32.1. The van der Waals surface area contributed by atoms with E-state index in [4.69, 9.17) is 9.47 Å². The molecule has 0 saturated heterocycles. The Morgan fingerprint density at radius 3 is 1.95 bits per heavy atom. The van der Waals surface area contributed by atoms with Crippen molar-refractivity contribution in [2.75, 3.05) is 0 Å². The van der Waals surface area contributed by atoms with Gasteiger partial charge in [-0.25, -0.2) is 9.97 Å². The van der Waals surface area contributed by atoms with Crippen molar-refractivity contribution in [3.63, 3.8) is 0 Å². The van der Waals surface area contributed by atoms with Gasteiger partial charge in [0.25, 0.3) is 0 Å². The number of ether oxygens (including phenoxy) is 2. The van der Waals surface area contributed by atoms with Crippen molar-refractivity contribution < 1.29 is 14.3 Å². The Bertz CT molecular complexity index is 1660. The average molecular weight is 503 g/mol. The molecule has 2 heterocycles. The molecule has 0 saturated carbocycles. The third-order valence-corrected chi connectivity index (χ3v) is 6.99. The highest BCUT2D eigenvalue weighted by molar-refractivity contribution is 7.18. The molecule has 0 unspecified atom stereocenters. The second kappa shape index (κ2) is 10.2. The largest absolute Gasteiger partial charge is 0.487 e. The quantitative estimate of drug-likeness (QED) is 0.205. The van der Waals surface area contributed by atoms with Crippen LogP contribution in [0.2, 0.25) is 0 Å². The smallest absolute Gasteiger partial charge is 0.193 e. The minimum Gasteiger partial charge on any atom is -0.487 e. The molecule has 0 amide bonds. The molecule has 6 heteroatoms. The molecule has 37 heavy (non-hydrogen) atoms. The number of benzene rings is 4. The highest BCUT2D eigenvalue weighted by Gasteiger charge is 2.10. The normalized spacial score (nSPS) is 11.0. The fraction of sp³-hybridized carbons (Fsp3) is 0.0645. The number of rotatable bonds is 8. The fourth-order valence-electron chi connectivity index (χ4n) is 4.04. The van der Waals surface area contributed by atoms with Crippen LogP contribution in [-0.2, 0) is 13.2 Å². The van der Waals surface area contributed by atoms with Crippen LogP contribution in [0.1, 0.15) is 26.6 Å². The van der Waals surface area contributed by atoms with Gasteiger partial charge >= 0.3 is 0 Å². The topological polar surface area (TPSA) is 61.3 Å². The number of ketones is 1. The minimum absolute atomic E-state index is 0.0551. The van der Waals surface area contributed by atoms with Crippen LogP contribution >= 0.6 is 11.3 Å². The third kappa shape index (κ3) is 5.20. The van der Waals surface area contributed by atoms with Gasteiger partial charge in [0.15, 0.2) is 5.78 Å². The number of aromatic nitrogens is 2. The van der Waals surface area contributed by atoms with E-state index in [1.807, 2.05) is 78.9 Å². The lowest BCUT2D eigenvalue weighted by atomic mass is 10.0. The van der Waals surface area contributed by atoms with Crippen molar-refractivity contribution >= 4 is 38.2 Å². The number of carbonyl (C=O) groups excluding carboxylic acids is 1. The van der Waals surface area contributed by atoms with Crippen LogP contribution < -0.4 is 9.47 Å². The highest BCUT2D eigenvalue weighted by Crippen LogP contribution is 2.24. The SMILES string of the molecule is O=C(c1ccc(OCc2ccc3ccccc3n2)cc1)c1ccc(OCc2nc3ccccc3s2)cc1. The summed E-state index contributed by atoms with van der Waals surface area (Å²) in [6.45, 7) is 0.749. The van der Waals surface area contributed by atoms with Crippen molar-refractivity contribution in [2.45, 2.75) is 13.2 Å². The van der Waals surface area contributed by atoms with Crippen molar-refractivity contribution in [2.24, 2.45) is 0 Å². The molecule has 0 aliphatic rings. The zero-order valence-electron chi connectivity index (χ0n) is 19.8. The van der Waals surface area contributed by atoms with Gasteiger partial charge in [0.1, 0.15) is 29.7 Å². The van der Waals surface area contributed by atoms with E-state index in [2.05, 4.69) is 16.0 Å². The van der Waals surface area contributed by atoms with Crippen LogP contribution in [-0.4, -0.2) is 15.8 Å². The van der Waals surface area contributed by atoms with Gasteiger partial charge < -0.3 is 9.47 Å². The summed E-state index contributed by atoms with van der Waals surface area (Å²) in [5, 5.41) is 2.02.